The van der Waals surface area contributed by atoms with E-state index in [2.05, 4.69) is 316 Å². The van der Waals surface area contributed by atoms with Gasteiger partial charge in [0.2, 0.25) is 0 Å². The number of nitrogens with zero attached hydrogens (tertiary/aromatic N) is 2. The van der Waals surface area contributed by atoms with Gasteiger partial charge >= 0.3 is 0 Å². The first-order chi connectivity index (χ1) is 38.8. The fourth-order valence-corrected chi connectivity index (χ4v) is 11.6. The zero-order valence-electron chi connectivity index (χ0n) is 44.4. The van der Waals surface area contributed by atoms with Crippen LogP contribution in [0, 0.1) is 0 Å². The van der Waals surface area contributed by atoms with Crippen LogP contribution in [-0.4, -0.2) is 7.28 Å². The van der Waals surface area contributed by atoms with E-state index in [9.17, 15) is 0 Å². The molecule has 0 spiro atoms. The van der Waals surface area contributed by atoms with E-state index in [4.69, 9.17) is 4.42 Å². The third-order valence-corrected chi connectivity index (χ3v) is 15.6. The van der Waals surface area contributed by atoms with Crippen molar-refractivity contribution in [1.82, 2.24) is 0 Å². The van der Waals surface area contributed by atoms with Crippen molar-refractivity contribution in [2.24, 2.45) is 0 Å². The minimum absolute atomic E-state index is 0.107. The first-order valence-electron chi connectivity index (χ1n) is 27.2. The van der Waals surface area contributed by atoms with Crippen molar-refractivity contribution in [3.8, 4) is 44.5 Å². The Morgan fingerprint density at radius 3 is 1.63 bits per heavy atom. The van der Waals surface area contributed by atoms with Gasteiger partial charge in [-0.15, -0.1) is 0 Å². The number of para-hydroxylation sites is 2. The number of hydrogen-bond donors (Lipinski definition) is 1. The molecule has 1 aliphatic heterocycles. The van der Waals surface area contributed by atoms with Crippen LogP contribution in [0.4, 0.5) is 45.5 Å². The standard InChI is InChI=1S/C74H55BN3O/c1-74(2,3)56-36-41-67(61(46-56)52-25-13-6-14-26-52)78-68-48-60(77(58-29-15-7-16-30-58)59-31-17-8-18-32-59)47-63(72(68)75-65-39-42-69-71(73(65)78)64-44-53-27-19-20-28-54(53)45-70(64)79-69)62-43-55(50-23-11-5-12-24-50)35-40-66(62)76-57-37-33-51(34-38-57)49-21-9-4-10-22-49/h4-48,76H,1-3H3. The van der Waals surface area contributed by atoms with Crippen LogP contribution in [0.1, 0.15) is 26.3 Å². The molecule has 0 bridgehead atoms. The van der Waals surface area contributed by atoms with Crippen molar-refractivity contribution < 1.29 is 4.42 Å². The highest BCUT2D eigenvalue weighted by Crippen LogP contribution is 2.51. The van der Waals surface area contributed by atoms with Gasteiger partial charge in [-0.1, -0.05) is 208 Å². The molecule has 12 aromatic carbocycles. The number of anilines is 8. The number of rotatable bonds is 10. The number of benzene rings is 12. The molecule has 2 heterocycles. The summed E-state index contributed by atoms with van der Waals surface area (Å²) in [6.45, 7) is 6.90. The third kappa shape index (κ3) is 8.80. The zero-order chi connectivity index (χ0) is 53.0. The van der Waals surface area contributed by atoms with Crippen molar-refractivity contribution >= 4 is 96.4 Å². The van der Waals surface area contributed by atoms with E-state index in [0.29, 0.717) is 0 Å². The van der Waals surface area contributed by atoms with Gasteiger partial charge in [-0.3, -0.25) is 0 Å². The van der Waals surface area contributed by atoms with Crippen LogP contribution in [0.3, 0.4) is 0 Å². The molecule has 13 aromatic rings. The Balaban J connectivity index is 1.10. The Bertz CT molecular complexity index is 4340. The lowest BCUT2D eigenvalue weighted by Crippen LogP contribution is -2.41. The van der Waals surface area contributed by atoms with Gasteiger partial charge in [-0.25, -0.2) is 0 Å². The van der Waals surface area contributed by atoms with E-state index in [0.717, 1.165) is 117 Å². The lowest BCUT2D eigenvalue weighted by Gasteiger charge is -2.38. The molecule has 0 saturated heterocycles. The molecule has 375 valence electrons. The van der Waals surface area contributed by atoms with E-state index >= 15 is 0 Å². The molecule has 1 aromatic heterocycles. The van der Waals surface area contributed by atoms with Crippen LogP contribution < -0.4 is 26.0 Å². The summed E-state index contributed by atoms with van der Waals surface area (Å²) in [7, 11) is 2.42. The second-order valence-corrected chi connectivity index (χ2v) is 21.6. The fourth-order valence-electron chi connectivity index (χ4n) is 11.6. The predicted molar refractivity (Wildman–Crippen MR) is 336 cm³/mol. The molecule has 0 unspecified atom stereocenters. The molecule has 14 rings (SSSR count). The van der Waals surface area contributed by atoms with E-state index in [1.165, 1.54) is 22.1 Å². The van der Waals surface area contributed by atoms with Gasteiger partial charge in [-0.2, -0.15) is 0 Å². The third-order valence-electron chi connectivity index (χ3n) is 15.6. The van der Waals surface area contributed by atoms with Gasteiger partial charge < -0.3 is 19.5 Å². The maximum Gasteiger partial charge on any atom is 0.197 e. The van der Waals surface area contributed by atoms with Crippen molar-refractivity contribution in [3.05, 3.63) is 279 Å². The summed E-state index contributed by atoms with van der Waals surface area (Å²) in [4.78, 5) is 4.96. The molecular weight excluding hydrogens is 958 g/mol. The van der Waals surface area contributed by atoms with Crippen molar-refractivity contribution in [2.75, 3.05) is 15.1 Å². The van der Waals surface area contributed by atoms with Gasteiger partial charge in [0.1, 0.15) is 11.2 Å². The summed E-state index contributed by atoms with van der Waals surface area (Å²) in [5, 5.41) is 8.42. The van der Waals surface area contributed by atoms with Crippen LogP contribution in [0.15, 0.2) is 277 Å². The number of nitrogens with one attached hydrogen (secondary N) is 1. The molecule has 0 atom stereocenters. The molecule has 0 saturated carbocycles. The molecule has 1 N–H and O–H groups in total. The first-order valence-corrected chi connectivity index (χ1v) is 27.2. The molecule has 5 heteroatoms. The van der Waals surface area contributed by atoms with Gasteiger partial charge in [-0.05, 0) is 152 Å². The molecular formula is C74H55BN3O. The van der Waals surface area contributed by atoms with Crippen LogP contribution in [-0.2, 0) is 5.41 Å². The van der Waals surface area contributed by atoms with E-state index in [1.54, 1.807) is 0 Å². The normalized spacial score (nSPS) is 12.1. The average molecular weight is 1010 g/mol. The summed E-state index contributed by atoms with van der Waals surface area (Å²) < 4.78 is 6.95. The molecule has 79 heavy (non-hydrogen) atoms. The van der Waals surface area contributed by atoms with Crippen LogP contribution >= 0.6 is 0 Å². The van der Waals surface area contributed by atoms with Crippen LogP contribution in [0.25, 0.3) is 77.2 Å². The topological polar surface area (TPSA) is 31.6 Å². The zero-order valence-corrected chi connectivity index (χ0v) is 44.4. The van der Waals surface area contributed by atoms with Gasteiger partial charge in [0.15, 0.2) is 7.28 Å². The van der Waals surface area contributed by atoms with Gasteiger partial charge in [0.05, 0.1) is 16.8 Å². The van der Waals surface area contributed by atoms with Crippen LogP contribution in [0.2, 0.25) is 0 Å². The van der Waals surface area contributed by atoms with E-state index in [-0.39, 0.29) is 5.41 Å². The molecule has 0 amide bonds. The SMILES string of the molecule is CC(C)(C)c1ccc(N2c3cc(N(c4ccccc4)c4ccccc4)cc(-c4cc(-c5ccccc5)ccc4Nc4ccc(-c5ccccc5)cc4)c3[B]c3ccc4oc5cc6ccccc6cc5c4c32)c(-c2ccccc2)c1. The Morgan fingerprint density at radius 2 is 0.987 bits per heavy atom. The number of fused-ring (bicyclic) bond motifs is 7. The molecule has 4 nitrogen and oxygen atoms in total. The molecule has 1 aliphatic rings. The lowest BCUT2D eigenvalue weighted by atomic mass is 9.57. The quantitative estimate of drug-likeness (QED) is 0.138. The minimum atomic E-state index is -0.107. The summed E-state index contributed by atoms with van der Waals surface area (Å²) in [5.41, 5.74) is 22.4. The molecule has 0 fully saturated rings. The Kier molecular flexibility index (Phi) is 11.8. The highest BCUT2D eigenvalue weighted by atomic mass is 16.3. The van der Waals surface area contributed by atoms with Gasteiger partial charge in [0, 0.05) is 50.6 Å². The largest absolute Gasteiger partial charge is 0.456 e. The molecule has 0 aliphatic carbocycles. The van der Waals surface area contributed by atoms with E-state index in [1.807, 2.05) is 0 Å². The monoisotopic (exact) mass is 1010 g/mol. The second-order valence-electron chi connectivity index (χ2n) is 21.6. The summed E-state index contributed by atoms with van der Waals surface area (Å²) in [6, 6.07) is 98.9. The second kappa shape index (κ2) is 19.6. The Hall–Kier alpha value is -9.84. The average Bonchev–Trinajstić information content (AvgIpc) is 4.15. The maximum absolute atomic E-state index is 6.95. The highest BCUT2D eigenvalue weighted by Gasteiger charge is 2.34. The fraction of sp³-hybridized carbons (Fsp3) is 0.0541. The lowest BCUT2D eigenvalue weighted by molar-refractivity contribution is 0.590. The summed E-state index contributed by atoms with van der Waals surface area (Å²) >= 11 is 0. The predicted octanol–water partition coefficient (Wildman–Crippen LogP) is 19.4. The Morgan fingerprint density at radius 1 is 0.418 bits per heavy atom. The van der Waals surface area contributed by atoms with Crippen molar-refractivity contribution in [1.29, 1.82) is 0 Å². The Labute approximate surface area is 462 Å². The van der Waals surface area contributed by atoms with Crippen LogP contribution in [0.5, 0.6) is 0 Å². The smallest absolute Gasteiger partial charge is 0.197 e. The van der Waals surface area contributed by atoms with E-state index < -0.39 is 0 Å². The minimum Gasteiger partial charge on any atom is -0.456 e. The molecule has 1 radical (unpaired) electrons. The van der Waals surface area contributed by atoms with Gasteiger partial charge in [0.25, 0.3) is 0 Å². The summed E-state index contributed by atoms with van der Waals surface area (Å²) in [6.07, 6.45) is 0. The highest BCUT2D eigenvalue weighted by molar-refractivity contribution is 6.74. The van der Waals surface area contributed by atoms with Crippen molar-refractivity contribution in [3.63, 3.8) is 0 Å². The van der Waals surface area contributed by atoms with Crippen molar-refractivity contribution in [2.45, 2.75) is 26.2 Å². The first kappa shape index (κ1) is 47.6. The summed E-state index contributed by atoms with van der Waals surface area (Å²) in [5.74, 6) is 0. The maximum atomic E-state index is 6.95. The number of furan rings is 1. The number of hydrogen-bond acceptors (Lipinski definition) is 4.